The fourth-order valence-corrected chi connectivity index (χ4v) is 4.28. The summed E-state index contributed by atoms with van der Waals surface area (Å²) in [6, 6.07) is 17.5. The van der Waals surface area contributed by atoms with Crippen molar-refractivity contribution in [2.45, 2.75) is 45.7 Å². The van der Waals surface area contributed by atoms with Crippen molar-refractivity contribution in [2.75, 3.05) is 18.0 Å². The van der Waals surface area contributed by atoms with Gasteiger partial charge in [0.05, 0.1) is 6.42 Å². The number of carbonyl (C=O) groups excluding carboxylic acids is 2. The molecule has 1 unspecified atom stereocenters. The molecule has 33 heavy (non-hydrogen) atoms. The number of aromatic nitrogens is 1. The predicted molar refractivity (Wildman–Crippen MR) is 132 cm³/mol. The van der Waals surface area contributed by atoms with E-state index in [1.54, 1.807) is 6.20 Å². The maximum atomic E-state index is 12.9. The standard InChI is InChI=1S/C27H32N4O2/c1-19(2)26(30-25(32)17-20-9-10-22-7-3-4-8-23(22)15-20)27(33)29-18-21-11-12-28-24(16-21)31-13-5-6-14-31/h3-4,7-12,15-16,19,26H,5-6,13-14,17-18H2,1-2H3,(H,29,33)(H,30,32). The first-order valence-corrected chi connectivity index (χ1v) is 11.7. The second kappa shape index (κ2) is 10.5. The molecule has 6 nitrogen and oxygen atoms in total. The molecule has 2 heterocycles. The maximum Gasteiger partial charge on any atom is 0.243 e. The Labute approximate surface area is 195 Å². The first-order chi connectivity index (χ1) is 16.0. The van der Waals surface area contributed by atoms with Crippen molar-refractivity contribution < 1.29 is 9.59 Å². The number of pyridine rings is 1. The molecule has 1 aliphatic heterocycles. The number of benzene rings is 2. The summed E-state index contributed by atoms with van der Waals surface area (Å²) in [7, 11) is 0. The third kappa shape index (κ3) is 5.89. The summed E-state index contributed by atoms with van der Waals surface area (Å²) in [4.78, 5) is 32.4. The minimum absolute atomic E-state index is 0.0249. The van der Waals surface area contributed by atoms with Crippen molar-refractivity contribution in [1.29, 1.82) is 0 Å². The average Bonchev–Trinajstić information content (AvgIpc) is 3.36. The minimum atomic E-state index is -0.585. The van der Waals surface area contributed by atoms with Gasteiger partial charge in [0.2, 0.25) is 11.8 Å². The second-order valence-corrected chi connectivity index (χ2v) is 9.08. The highest BCUT2D eigenvalue weighted by molar-refractivity contribution is 5.89. The van der Waals surface area contributed by atoms with E-state index in [9.17, 15) is 9.59 Å². The second-order valence-electron chi connectivity index (χ2n) is 9.08. The van der Waals surface area contributed by atoms with Crippen molar-refractivity contribution in [3.05, 3.63) is 71.9 Å². The van der Waals surface area contributed by atoms with Gasteiger partial charge in [0.15, 0.2) is 0 Å². The zero-order chi connectivity index (χ0) is 23.2. The summed E-state index contributed by atoms with van der Waals surface area (Å²) in [5, 5.41) is 8.17. The topological polar surface area (TPSA) is 74.3 Å². The van der Waals surface area contributed by atoms with Gasteiger partial charge in [0.25, 0.3) is 0 Å². The van der Waals surface area contributed by atoms with E-state index in [-0.39, 0.29) is 24.2 Å². The fraction of sp³-hybridized carbons (Fsp3) is 0.370. The lowest BCUT2D eigenvalue weighted by atomic mass is 10.0. The quantitative estimate of drug-likeness (QED) is 0.554. The van der Waals surface area contributed by atoms with Crippen LogP contribution in [0.25, 0.3) is 10.8 Å². The van der Waals surface area contributed by atoms with Gasteiger partial charge >= 0.3 is 0 Å². The smallest absolute Gasteiger partial charge is 0.243 e. The Morgan fingerprint density at radius 2 is 1.73 bits per heavy atom. The minimum Gasteiger partial charge on any atom is -0.357 e. The van der Waals surface area contributed by atoms with Crippen LogP contribution in [0.1, 0.15) is 37.8 Å². The molecular weight excluding hydrogens is 412 g/mol. The summed E-state index contributed by atoms with van der Waals surface area (Å²) >= 11 is 0. The van der Waals surface area contributed by atoms with Crippen molar-refractivity contribution >= 4 is 28.4 Å². The van der Waals surface area contributed by atoms with E-state index in [0.717, 1.165) is 40.8 Å². The molecular formula is C27H32N4O2. The molecule has 0 radical (unpaired) electrons. The Balaban J connectivity index is 1.34. The Bertz CT molecular complexity index is 1120. The molecule has 0 saturated carbocycles. The highest BCUT2D eigenvalue weighted by Gasteiger charge is 2.24. The highest BCUT2D eigenvalue weighted by atomic mass is 16.2. The molecule has 0 aliphatic carbocycles. The van der Waals surface area contributed by atoms with Gasteiger partial charge in [-0.2, -0.15) is 0 Å². The third-order valence-corrected chi connectivity index (χ3v) is 6.15. The van der Waals surface area contributed by atoms with Crippen LogP contribution >= 0.6 is 0 Å². The van der Waals surface area contributed by atoms with Crippen molar-refractivity contribution in [3.63, 3.8) is 0 Å². The monoisotopic (exact) mass is 444 g/mol. The van der Waals surface area contributed by atoms with Gasteiger partial charge < -0.3 is 15.5 Å². The Kier molecular flexibility index (Phi) is 7.23. The molecule has 1 aromatic heterocycles. The van der Waals surface area contributed by atoms with E-state index in [1.807, 2.05) is 62.4 Å². The molecule has 2 N–H and O–H groups in total. The van der Waals surface area contributed by atoms with Crippen LogP contribution in [0.2, 0.25) is 0 Å². The molecule has 4 rings (SSSR count). The van der Waals surface area contributed by atoms with E-state index in [0.29, 0.717) is 6.54 Å². The molecule has 0 bridgehead atoms. The van der Waals surface area contributed by atoms with Gasteiger partial charge in [-0.05, 0) is 52.8 Å². The SMILES string of the molecule is CC(C)C(NC(=O)Cc1ccc2ccccc2c1)C(=O)NCc1ccnc(N2CCCC2)c1. The summed E-state index contributed by atoms with van der Waals surface area (Å²) in [6.45, 7) is 6.35. The van der Waals surface area contributed by atoms with Crippen molar-refractivity contribution in [1.82, 2.24) is 15.6 Å². The van der Waals surface area contributed by atoms with Gasteiger partial charge in [-0.3, -0.25) is 9.59 Å². The molecule has 1 fully saturated rings. The molecule has 2 aromatic carbocycles. The summed E-state index contributed by atoms with van der Waals surface area (Å²) < 4.78 is 0. The predicted octanol–water partition coefficient (Wildman–Crippen LogP) is 3.83. The van der Waals surface area contributed by atoms with Crippen LogP contribution in [0.3, 0.4) is 0 Å². The summed E-state index contributed by atoms with van der Waals surface area (Å²) in [6.07, 6.45) is 4.42. The van der Waals surface area contributed by atoms with E-state index < -0.39 is 6.04 Å². The Morgan fingerprint density at radius 1 is 0.970 bits per heavy atom. The maximum absolute atomic E-state index is 12.9. The number of fused-ring (bicyclic) bond motifs is 1. The lowest BCUT2D eigenvalue weighted by molar-refractivity contribution is -0.129. The third-order valence-electron chi connectivity index (χ3n) is 6.15. The number of amides is 2. The average molecular weight is 445 g/mol. The number of rotatable bonds is 8. The molecule has 3 aromatic rings. The van der Waals surface area contributed by atoms with Gasteiger partial charge in [-0.25, -0.2) is 4.98 Å². The lowest BCUT2D eigenvalue weighted by Crippen LogP contribution is -2.49. The van der Waals surface area contributed by atoms with Crippen LogP contribution in [0, 0.1) is 5.92 Å². The number of nitrogens with one attached hydrogen (secondary N) is 2. The van der Waals surface area contributed by atoms with E-state index >= 15 is 0 Å². The van der Waals surface area contributed by atoms with Crippen LogP contribution in [0.5, 0.6) is 0 Å². The van der Waals surface area contributed by atoms with Crippen LogP contribution in [0.4, 0.5) is 5.82 Å². The molecule has 0 spiro atoms. The van der Waals surface area contributed by atoms with Gasteiger partial charge in [-0.1, -0.05) is 56.3 Å². The van der Waals surface area contributed by atoms with Gasteiger partial charge in [0, 0.05) is 25.8 Å². The van der Waals surface area contributed by atoms with Gasteiger partial charge in [0.1, 0.15) is 11.9 Å². The van der Waals surface area contributed by atoms with E-state index in [2.05, 4.69) is 26.6 Å². The molecule has 172 valence electrons. The lowest BCUT2D eigenvalue weighted by Gasteiger charge is -2.22. The zero-order valence-electron chi connectivity index (χ0n) is 19.4. The highest BCUT2D eigenvalue weighted by Crippen LogP contribution is 2.19. The molecule has 1 saturated heterocycles. The van der Waals surface area contributed by atoms with Crippen LogP contribution in [-0.4, -0.2) is 35.9 Å². The van der Waals surface area contributed by atoms with Crippen LogP contribution in [-0.2, 0) is 22.6 Å². The first-order valence-electron chi connectivity index (χ1n) is 11.7. The normalized spacial score (nSPS) is 14.5. The molecule has 2 amide bonds. The van der Waals surface area contributed by atoms with E-state index in [4.69, 9.17) is 0 Å². The molecule has 1 atom stereocenters. The molecule has 6 heteroatoms. The summed E-state index contributed by atoms with van der Waals surface area (Å²) in [5.74, 6) is 0.613. The van der Waals surface area contributed by atoms with Crippen molar-refractivity contribution in [3.8, 4) is 0 Å². The molecule has 1 aliphatic rings. The number of hydrogen-bond acceptors (Lipinski definition) is 4. The Morgan fingerprint density at radius 3 is 2.48 bits per heavy atom. The number of anilines is 1. The zero-order valence-corrected chi connectivity index (χ0v) is 19.4. The number of nitrogens with zero attached hydrogens (tertiary/aromatic N) is 2. The number of carbonyl (C=O) groups is 2. The van der Waals surface area contributed by atoms with Gasteiger partial charge in [-0.15, -0.1) is 0 Å². The van der Waals surface area contributed by atoms with E-state index in [1.165, 1.54) is 12.8 Å². The summed E-state index contributed by atoms with van der Waals surface area (Å²) in [5.41, 5.74) is 1.94. The Hall–Kier alpha value is -3.41. The van der Waals surface area contributed by atoms with Crippen LogP contribution < -0.4 is 15.5 Å². The fourth-order valence-electron chi connectivity index (χ4n) is 4.28. The van der Waals surface area contributed by atoms with Crippen molar-refractivity contribution in [2.24, 2.45) is 5.92 Å². The largest absolute Gasteiger partial charge is 0.357 e. The van der Waals surface area contributed by atoms with Crippen LogP contribution in [0.15, 0.2) is 60.8 Å². The number of hydrogen-bond donors (Lipinski definition) is 2. The first kappa shape index (κ1) is 22.8.